The summed E-state index contributed by atoms with van der Waals surface area (Å²) in [5.41, 5.74) is 0.541. The summed E-state index contributed by atoms with van der Waals surface area (Å²) < 4.78 is 5.44. The minimum atomic E-state index is -0.628. The number of ether oxygens (including phenoxy) is 1. The van der Waals surface area contributed by atoms with Crippen LogP contribution in [0.15, 0.2) is 30.3 Å². The maximum absolute atomic E-state index is 9.43. The van der Waals surface area contributed by atoms with E-state index in [1.807, 2.05) is 30.3 Å². The predicted octanol–water partition coefficient (Wildman–Crippen LogP) is 2.36. The Morgan fingerprint density at radius 1 is 1.21 bits per heavy atom. The van der Waals surface area contributed by atoms with Gasteiger partial charge in [0, 0.05) is 6.61 Å². The van der Waals surface area contributed by atoms with Gasteiger partial charge < -0.3 is 9.84 Å². The van der Waals surface area contributed by atoms with Crippen LogP contribution in [0.4, 0.5) is 0 Å². The van der Waals surface area contributed by atoms with E-state index in [1.165, 1.54) is 5.56 Å². The van der Waals surface area contributed by atoms with Crippen molar-refractivity contribution in [1.82, 2.24) is 0 Å². The van der Waals surface area contributed by atoms with Gasteiger partial charge in [0.2, 0.25) is 0 Å². The summed E-state index contributed by atoms with van der Waals surface area (Å²) in [6, 6.07) is 10.0. The molecular formula is C12H18O2. The first kappa shape index (κ1) is 11.2. The number of hydrogen-bond acceptors (Lipinski definition) is 2. The third kappa shape index (κ3) is 5.00. The van der Waals surface area contributed by atoms with E-state index in [0.717, 1.165) is 0 Å². The largest absolute Gasteiger partial charge is 0.390 e. The molecule has 0 bridgehead atoms. The Kier molecular flexibility index (Phi) is 4.11. The molecule has 2 heteroatoms. The second-order valence-electron chi connectivity index (χ2n) is 4.10. The zero-order valence-corrected chi connectivity index (χ0v) is 8.86. The first-order chi connectivity index (χ1) is 6.58. The lowest BCUT2D eigenvalue weighted by Gasteiger charge is -2.16. The number of aliphatic hydroxyl groups is 1. The second-order valence-corrected chi connectivity index (χ2v) is 4.10. The minimum Gasteiger partial charge on any atom is -0.390 e. The molecule has 0 atom stereocenters. The van der Waals surface area contributed by atoms with Gasteiger partial charge in [-0.15, -0.1) is 0 Å². The molecule has 1 aromatic rings. The fourth-order valence-corrected chi connectivity index (χ4v) is 1.09. The van der Waals surface area contributed by atoms with Gasteiger partial charge in [-0.2, -0.15) is 0 Å². The molecule has 1 N–H and O–H groups in total. The monoisotopic (exact) mass is 194 g/mol. The molecular weight excluding hydrogens is 176 g/mol. The molecule has 0 aliphatic carbocycles. The van der Waals surface area contributed by atoms with Crippen molar-refractivity contribution >= 4 is 0 Å². The molecule has 0 aliphatic heterocycles. The van der Waals surface area contributed by atoms with E-state index in [0.29, 0.717) is 19.6 Å². The molecule has 0 amide bonds. The van der Waals surface area contributed by atoms with E-state index in [2.05, 4.69) is 0 Å². The standard InChI is InChI=1S/C12H18O2/c1-12(2,13)8-9-14-10-11-6-4-3-5-7-11/h3-7,13H,8-10H2,1-2H3. The Morgan fingerprint density at radius 2 is 1.86 bits per heavy atom. The van der Waals surface area contributed by atoms with Crippen LogP contribution in [0.25, 0.3) is 0 Å². The van der Waals surface area contributed by atoms with Crippen LogP contribution in [0.5, 0.6) is 0 Å². The summed E-state index contributed by atoms with van der Waals surface area (Å²) in [6.45, 7) is 4.80. The van der Waals surface area contributed by atoms with E-state index < -0.39 is 5.60 Å². The van der Waals surface area contributed by atoms with Gasteiger partial charge in [-0.3, -0.25) is 0 Å². The Labute approximate surface area is 85.5 Å². The summed E-state index contributed by atoms with van der Waals surface area (Å²) in [6.07, 6.45) is 0.667. The van der Waals surface area contributed by atoms with Crippen molar-refractivity contribution in [2.45, 2.75) is 32.5 Å². The fourth-order valence-electron chi connectivity index (χ4n) is 1.09. The van der Waals surface area contributed by atoms with Crippen LogP contribution in [0.2, 0.25) is 0 Å². The Hall–Kier alpha value is -0.860. The molecule has 0 aliphatic rings. The third-order valence-corrected chi connectivity index (χ3v) is 1.97. The first-order valence-electron chi connectivity index (χ1n) is 4.92. The van der Waals surface area contributed by atoms with Crippen molar-refractivity contribution in [3.05, 3.63) is 35.9 Å². The number of rotatable bonds is 5. The average molecular weight is 194 g/mol. The second kappa shape index (κ2) is 5.13. The smallest absolute Gasteiger partial charge is 0.0716 e. The van der Waals surface area contributed by atoms with Gasteiger partial charge in [-0.1, -0.05) is 30.3 Å². The number of hydrogen-bond donors (Lipinski definition) is 1. The quantitative estimate of drug-likeness (QED) is 0.729. The lowest BCUT2D eigenvalue weighted by atomic mass is 10.1. The van der Waals surface area contributed by atoms with Gasteiger partial charge in [0.15, 0.2) is 0 Å². The SMILES string of the molecule is CC(C)(O)CCOCc1ccccc1. The van der Waals surface area contributed by atoms with Crippen LogP contribution < -0.4 is 0 Å². The summed E-state index contributed by atoms with van der Waals surface area (Å²) >= 11 is 0. The number of benzene rings is 1. The van der Waals surface area contributed by atoms with Crippen LogP contribution in [0.1, 0.15) is 25.8 Å². The van der Waals surface area contributed by atoms with E-state index >= 15 is 0 Å². The molecule has 78 valence electrons. The van der Waals surface area contributed by atoms with Crippen LogP contribution in [-0.4, -0.2) is 17.3 Å². The van der Waals surface area contributed by atoms with Gasteiger partial charge >= 0.3 is 0 Å². The maximum atomic E-state index is 9.43. The molecule has 1 rings (SSSR count). The lowest BCUT2D eigenvalue weighted by molar-refractivity contribution is 0.0237. The fraction of sp³-hybridized carbons (Fsp3) is 0.500. The van der Waals surface area contributed by atoms with E-state index in [4.69, 9.17) is 4.74 Å². The molecule has 0 spiro atoms. The molecule has 0 saturated carbocycles. The predicted molar refractivity (Wildman–Crippen MR) is 57.0 cm³/mol. The van der Waals surface area contributed by atoms with Gasteiger partial charge in [0.1, 0.15) is 0 Å². The highest BCUT2D eigenvalue weighted by Crippen LogP contribution is 2.08. The molecule has 0 fully saturated rings. The van der Waals surface area contributed by atoms with Crippen molar-refractivity contribution in [3.63, 3.8) is 0 Å². The zero-order chi connectivity index (χ0) is 10.4. The van der Waals surface area contributed by atoms with Gasteiger partial charge in [0.05, 0.1) is 12.2 Å². The summed E-state index contributed by atoms with van der Waals surface area (Å²) in [4.78, 5) is 0. The van der Waals surface area contributed by atoms with E-state index in [9.17, 15) is 5.11 Å². The summed E-state index contributed by atoms with van der Waals surface area (Å²) in [7, 11) is 0. The molecule has 14 heavy (non-hydrogen) atoms. The lowest BCUT2D eigenvalue weighted by Crippen LogP contribution is -2.20. The molecule has 0 saturated heterocycles. The normalized spacial score (nSPS) is 11.6. The van der Waals surface area contributed by atoms with Crippen LogP contribution in [-0.2, 0) is 11.3 Å². The van der Waals surface area contributed by atoms with Crippen LogP contribution in [0.3, 0.4) is 0 Å². The van der Waals surface area contributed by atoms with Crippen molar-refractivity contribution < 1.29 is 9.84 Å². The summed E-state index contributed by atoms with van der Waals surface area (Å²) in [5.74, 6) is 0. The van der Waals surface area contributed by atoms with Crippen molar-refractivity contribution in [2.24, 2.45) is 0 Å². The van der Waals surface area contributed by atoms with Gasteiger partial charge in [-0.25, -0.2) is 0 Å². The van der Waals surface area contributed by atoms with Gasteiger partial charge in [-0.05, 0) is 25.8 Å². The Bertz CT molecular complexity index is 249. The first-order valence-corrected chi connectivity index (χ1v) is 4.92. The maximum Gasteiger partial charge on any atom is 0.0716 e. The molecule has 0 aromatic heterocycles. The highest BCUT2D eigenvalue weighted by molar-refractivity contribution is 5.13. The average Bonchev–Trinajstić information content (AvgIpc) is 2.13. The molecule has 2 nitrogen and oxygen atoms in total. The molecule has 0 heterocycles. The highest BCUT2D eigenvalue weighted by Gasteiger charge is 2.11. The van der Waals surface area contributed by atoms with Crippen LogP contribution in [0, 0.1) is 0 Å². The van der Waals surface area contributed by atoms with Crippen molar-refractivity contribution in [1.29, 1.82) is 0 Å². The third-order valence-electron chi connectivity index (χ3n) is 1.97. The summed E-state index contributed by atoms with van der Waals surface area (Å²) in [5, 5.41) is 9.43. The minimum absolute atomic E-state index is 0.596. The Morgan fingerprint density at radius 3 is 2.43 bits per heavy atom. The van der Waals surface area contributed by atoms with Crippen LogP contribution >= 0.6 is 0 Å². The highest BCUT2D eigenvalue weighted by atomic mass is 16.5. The Balaban J connectivity index is 2.17. The molecule has 0 radical (unpaired) electrons. The van der Waals surface area contributed by atoms with Crippen molar-refractivity contribution in [3.8, 4) is 0 Å². The van der Waals surface area contributed by atoms with E-state index in [1.54, 1.807) is 13.8 Å². The van der Waals surface area contributed by atoms with Gasteiger partial charge in [0.25, 0.3) is 0 Å². The van der Waals surface area contributed by atoms with Crippen molar-refractivity contribution in [2.75, 3.05) is 6.61 Å². The van der Waals surface area contributed by atoms with E-state index in [-0.39, 0.29) is 0 Å². The molecule has 0 unspecified atom stereocenters. The topological polar surface area (TPSA) is 29.5 Å². The molecule has 1 aromatic carbocycles. The zero-order valence-electron chi connectivity index (χ0n) is 8.86.